The van der Waals surface area contributed by atoms with Crippen molar-refractivity contribution in [1.29, 1.82) is 0 Å². The highest BCUT2D eigenvalue weighted by Gasteiger charge is 2.17. The Morgan fingerprint density at radius 1 is 1.11 bits per heavy atom. The number of carbonyl (C=O) groups is 2. The first-order valence-electron chi connectivity index (χ1n) is 8.75. The van der Waals surface area contributed by atoms with Crippen molar-refractivity contribution in [2.45, 2.75) is 25.5 Å². The molecule has 2 aromatic carbocycles. The van der Waals surface area contributed by atoms with Crippen LogP contribution in [-0.2, 0) is 11.3 Å². The normalized spacial score (nSPS) is 16.1. The minimum absolute atomic E-state index is 0.0887. The maximum Gasteiger partial charge on any atom is 0.251 e. The smallest absolute Gasteiger partial charge is 0.251 e. The molecule has 2 amide bonds. The van der Waals surface area contributed by atoms with E-state index in [4.69, 9.17) is 4.74 Å². The number of amides is 2. The van der Waals surface area contributed by atoms with Crippen molar-refractivity contribution in [1.82, 2.24) is 10.6 Å². The second kappa shape index (κ2) is 9.27. The molecule has 0 aromatic heterocycles. The summed E-state index contributed by atoms with van der Waals surface area (Å²) >= 11 is 1.87. The van der Waals surface area contributed by atoms with Crippen molar-refractivity contribution in [2.75, 3.05) is 13.2 Å². The highest BCUT2D eigenvalue weighted by molar-refractivity contribution is 14.1. The third-order valence-corrected chi connectivity index (χ3v) is 5.21. The zero-order valence-electron chi connectivity index (χ0n) is 14.6. The molecule has 1 saturated heterocycles. The number of benzene rings is 2. The Kier molecular flexibility index (Phi) is 6.78. The van der Waals surface area contributed by atoms with Gasteiger partial charge in [-0.15, -0.1) is 0 Å². The van der Waals surface area contributed by atoms with Crippen molar-refractivity contribution in [3.63, 3.8) is 0 Å². The SMILES string of the molecule is O=C(NCc1cccc(C(=O)NCC2CCCO2)c1)c1ccc(I)c(F)c1. The number of nitrogens with one attached hydrogen (secondary N) is 2. The minimum Gasteiger partial charge on any atom is -0.376 e. The molecule has 142 valence electrons. The van der Waals surface area contributed by atoms with E-state index in [0.717, 1.165) is 25.0 Å². The summed E-state index contributed by atoms with van der Waals surface area (Å²) in [6, 6.07) is 11.4. The van der Waals surface area contributed by atoms with Gasteiger partial charge in [0.1, 0.15) is 5.82 Å². The summed E-state index contributed by atoms with van der Waals surface area (Å²) in [4.78, 5) is 24.5. The van der Waals surface area contributed by atoms with Crippen LogP contribution in [0.1, 0.15) is 39.1 Å². The molecular weight excluding hydrogens is 462 g/mol. The highest BCUT2D eigenvalue weighted by atomic mass is 127. The molecule has 0 saturated carbocycles. The average Bonchev–Trinajstić information content (AvgIpc) is 3.20. The van der Waals surface area contributed by atoms with Gasteiger partial charge in [0.15, 0.2) is 0 Å². The third-order valence-electron chi connectivity index (χ3n) is 4.34. The summed E-state index contributed by atoms with van der Waals surface area (Å²) in [7, 11) is 0. The standard InChI is InChI=1S/C20H20FIN2O3/c21-17-10-15(6-7-18(17)22)20(26)23-11-13-3-1-4-14(9-13)19(25)24-12-16-5-2-8-27-16/h1,3-4,6-7,9-10,16H,2,5,8,11-12H2,(H,23,26)(H,24,25). The van der Waals surface area contributed by atoms with Crippen LogP contribution in [-0.4, -0.2) is 31.1 Å². The largest absolute Gasteiger partial charge is 0.376 e. The topological polar surface area (TPSA) is 67.4 Å². The molecule has 7 heteroatoms. The summed E-state index contributed by atoms with van der Waals surface area (Å²) in [5, 5.41) is 5.62. The monoisotopic (exact) mass is 482 g/mol. The Hall–Kier alpha value is -2.00. The number of halogens is 2. The van der Waals surface area contributed by atoms with Crippen LogP contribution < -0.4 is 10.6 Å². The van der Waals surface area contributed by atoms with Gasteiger partial charge in [0.25, 0.3) is 11.8 Å². The average molecular weight is 482 g/mol. The third kappa shape index (κ3) is 5.49. The van der Waals surface area contributed by atoms with E-state index >= 15 is 0 Å². The Morgan fingerprint density at radius 2 is 1.89 bits per heavy atom. The van der Waals surface area contributed by atoms with E-state index in [9.17, 15) is 14.0 Å². The Bertz CT molecular complexity index is 838. The van der Waals surface area contributed by atoms with E-state index in [1.54, 1.807) is 30.3 Å². The summed E-state index contributed by atoms with van der Waals surface area (Å²) in [5.41, 5.74) is 1.58. The molecule has 2 N–H and O–H groups in total. The molecule has 1 unspecified atom stereocenters. The van der Waals surface area contributed by atoms with Gasteiger partial charge >= 0.3 is 0 Å². The lowest BCUT2D eigenvalue weighted by molar-refractivity contribution is 0.0857. The van der Waals surface area contributed by atoms with Crippen molar-refractivity contribution in [2.24, 2.45) is 0 Å². The zero-order chi connectivity index (χ0) is 19.2. The van der Waals surface area contributed by atoms with Gasteiger partial charge in [0.2, 0.25) is 0 Å². The first kappa shape index (κ1) is 19.8. The lowest BCUT2D eigenvalue weighted by Crippen LogP contribution is -2.31. The van der Waals surface area contributed by atoms with Crippen LogP contribution in [0.25, 0.3) is 0 Å². The molecule has 0 spiro atoms. The van der Waals surface area contributed by atoms with E-state index in [1.165, 1.54) is 6.07 Å². The van der Waals surface area contributed by atoms with E-state index in [-0.39, 0.29) is 30.0 Å². The quantitative estimate of drug-likeness (QED) is 0.622. The molecule has 1 atom stereocenters. The fourth-order valence-electron chi connectivity index (χ4n) is 2.86. The lowest BCUT2D eigenvalue weighted by atomic mass is 10.1. The fourth-order valence-corrected chi connectivity index (χ4v) is 3.19. The van der Waals surface area contributed by atoms with E-state index in [2.05, 4.69) is 10.6 Å². The summed E-state index contributed by atoms with van der Waals surface area (Å²) in [6.45, 7) is 1.50. The molecule has 27 heavy (non-hydrogen) atoms. The molecule has 0 bridgehead atoms. The van der Waals surface area contributed by atoms with Crippen LogP contribution in [0.2, 0.25) is 0 Å². The molecule has 2 aromatic rings. The zero-order valence-corrected chi connectivity index (χ0v) is 16.8. The predicted octanol–water partition coefficient (Wildman–Crippen LogP) is 3.27. The van der Waals surface area contributed by atoms with Crippen LogP contribution in [0.3, 0.4) is 0 Å². The summed E-state index contributed by atoms with van der Waals surface area (Å²) in [6.07, 6.45) is 2.08. The highest BCUT2D eigenvalue weighted by Crippen LogP contribution is 2.13. The minimum atomic E-state index is -0.423. The van der Waals surface area contributed by atoms with Crippen molar-refractivity contribution in [3.8, 4) is 0 Å². The van der Waals surface area contributed by atoms with Gasteiger partial charge in [0, 0.05) is 34.4 Å². The maximum absolute atomic E-state index is 13.6. The number of hydrogen-bond acceptors (Lipinski definition) is 3. The lowest BCUT2D eigenvalue weighted by Gasteiger charge is -2.11. The molecule has 5 nitrogen and oxygen atoms in total. The van der Waals surface area contributed by atoms with Crippen LogP contribution in [0.4, 0.5) is 4.39 Å². The van der Waals surface area contributed by atoms with Crippen LogP contribution >= 0.6 is 22.6 Å². The first-order chi connectivity index (χ1) is 13.0. The van der Waals surface area contributed by atoms with Crippen molar-refractivity contribution in [3.05, 3.63) is 68.5 Å². The maximum atomic E-state index is 13.6. The predicted molar refractivity (Wildman–Crippen MR) is 108 cm³/mol. The second-order valence-corrected chi connectivity index (χ2v) is 7.52. The van der Waals surface area contributed by atoms with Gasteiger partial charge in [-0.2, -0.15) is 0 Å². The van der Waals surface area contributed by atoms with Gasteiger partial charge < -0.3 is 15.4 Å². The number of rotatable bonds is 6. The molecule has 1 aliphatic rings. The van der Waals surface area contributed by atoms with E-state index < -0.39 is 5.82 Å². The van der Waals surface area contributed by atoms with Crippen molar-refractivity contribution < 1.29 is 18.7 Å². The number of hydrogen-bond donors (Lipinski definition) is 2. The van der Waals surface area contributed by atoms with E-state index in [1.807, 2.05) is 28.7 Å². The van der Waals surface area contributed by atoms with Gasteiger partial charge in [0.05, 0.1) is 6.10 Å². The Balaban J connectivity index is 1.55. The molecule has 1 fully saturated rings. The van der Waals surface area contributed by atoms with Gasteiger partial charge in [-0.05, 0) is 71.3 Å². The molecule has 1 heterocycles. The van der Waals surface area contributed by atoms with Crippen LogP contribution in [0.5, 0.6) is 0 Å². The number of ether oxygens (including phenoxy) is 1. The van der Waals surface area contributed by atoms with Gasteiger partial charge in [-0.25, -0.2) is 4.39 Å². The molecule has 0 aliphatic carbocycles. The molecule has 0 radical (unpaired) electrons. The van der Waals surface area contributed by atoms with Crippen LogP contribution in [0, 0.1) is 9.39 Å². The Labute approximate surface area is 170 Å². The summed E-state index contributed by atoms with van der Waals surface area (Å²) < 4.78 is 19.5. The number of carbonyl (C=O) groups excluding carboxylic acids is 2. The second-order valence-electron chi connectivity index (χ2n) is 6.36. The molecule has 3 rings (SSSR count). The van der Waals surface area contributed by atoms with Crippen molar-refractivity contribution >= 4 is 34.4 Å². The summed E-state index contributed by atoms with van der Waals surface area (Å²) in [5.74, 6) is -0.954. The molecular formula is C20H20FIN2O3. The van der Waals surface area contributed by atoms with Gasteiger partial charge in [-0.1, -0.05) is 12.1 Å². The van der Waals surface area contributed by atoms with Crippen LogP contribution in [0.15, 0.2) is 42.5 Å². The fraction of sp³-hybridized carbons (Fsp3) is 0.300. The van der Waals surface area contributed by atoms with E-state index in [0.29, 0.717) is 15.7 Å². The first-order valence-corrected chi connectivity index (χ1v) is 9.83. The Morgan fingerprint density at radius 3 is 2.63 bits per heavy atom. The van der Waals surface area contributed by atoms with Gasteiger partial charge in [-0.3, -0.25) is 9.59 Å². The molecule has 1 aliphatic heterocycles.